The van der Waals surface area contributed by atoms with Gasteiger partial charge in [0.2, 0.25) is 0 Å². The molecule has 7 rings (SSSR count). The molecule has 0 aliphatic carbocycles. The van der Waals surface area contributed by atoms with Crippen LogP contribution in [-0.4, -0.2) is 83.3 Å². The number of piperazine rings is 1. The Balaban J connectivity index is 0.00000196. The zero-order chi connectivity index (χ0) is 20.4. The number of nitrogens with zero attached hydrogens (tertiary/aromatic N) is 6. The lowest BCUT2D eigenvalue weighted by molar-refractivity contribution is 0.108. The van der Waals surface area contributed by atoms with Crippen LogP contribution in [0.15, 0.2) is 24.5 Å². The highest BCUT2D eigenvalue weighted by Gasteiger charge is 2.45. The molecular formula is C23H29BN7O. The third kappa shape index (κ3) is 3.09. The van der Waals surface area contributed by atoms with Gasteiger partial charge in [0.15, 0.2) is 0 Å². The van der Waals surface area contributed by atoms with Gasteiger partial charge in [0.05, 0.1) is 28.2 Å². The Kier molecular flexibility index (Phi) is 4.80. The summed E-state index contributed by atoms with van der Waals surface area (Å²) in [5.41, 5.74) is 2.19. The summed E-state index contributed by atoms with van der Waals surface area (Å²) in [6.45, 7) is 5.06. The number of rotatable bonds is 4. The van der Waals surface area contributed by atoms with Gasteiger partial charge in [0.1, 0.15) is 12.4 Å². The van der Waals surface area contributed by atoms with Crippen molar-refractivity contribution in [2.45, 2.75) is 56.1 Å². The predicted octanol–water partition coefficient (Wildman–Crippen LogP) is 1.84. The smallest absolute Gasteiger partial charge is 0.319 e. The Bertz CT molecular complexity index is 1130. The first-order valence-electron chi connectivity index (χ1n) is 11.8. The van der Waals surface area contributed by atoms with Crippen LogP contribution in [-0.2, 0) is 0 Å². The summed E-state index contributed by atoms with van der Waals surface area (Å²) in [6, 6.07) is 5.70. The summed E-state index contributed by atoms with van der Waals surface area (Å²) in [5.74, 6) is 0.997. The van der Waals surface area contributed by atoms with Gasteiger partial charge in [-0.05, 0) is 63.7 Å². The summed E-state index contributed by atoms with van der Waals surface area (Å²) in [6.07, 6.45) is 11.3. The average Bonchev–Trinajstić information content (AvgIpc) is 3.55. The van der Waals surface area contributed by atoms with E-state index in [9.17, 15) is 0 Å². The van der Waals surface area contributed by atoms with Crippen molar-refractivity contribution in [3.05, 3.63) is 24.5 Å². The van der Waals surface area contributed by atoms with Gasteiger partial charge in [0, 0.05) is 39.8 Å². The lowest BCUT2D eigenvalue weighted by atomic mass is 9.95. The van der Waals surface area contributed by atoms with Gasteiger partial charge < -0.3 is 15.0 Å². The van der Waals surface area contributed by atoms with E-state index in [1.807, 2.05) is 23.0 Å². The third-order valence-electron chi connectivity index (χ3n) is 7.99. The molecule has 0 spiro atoms. The quantitative estimate of drug-likeness (QED) is 0.634. The van der Waals surface area contributed by atoms with E-state index in [0.29, 0.717) is 24.7 Å². The van der Waals surface area contributed by atoms with Crippen LogP contribution in [0, 0.1) is 0 Å². The minimum atomic E-state index is 0. The summed E-state index contributed by atoms with van der Waals surface area (Å²) < 4.78 is 8.29. The highest BCUT2D eigenvalue weighted by atomic mass is 16.5. The highest BCUT2D eigenvalue weighted by molar-refractivity contribution is 6.01. The van der Waals surface area contributed by atoms with Gasteiger partial charge >= 0.3 is 6.01 Å². The molecule has 0 amide bonds. The van der Waals surface area contributed by atoms with E-state index in [1.54, 1.807) is 0 Å². The molecule has 3 radical (unpaired) electrons. The van der Waals surface area contributed by atoms with E-state index in [2.05, 4.69) is 26.3 Å². The summed E-state index contributed by atoms with van der Waals surface area (Å²) in [7, 11) is 0. The van der Waals surface area contributed by atoms with Crippen molar-refractivity contribution in [1.82, 2.24) is 29.8 Å². The van der Waals surface area contributed by atoms with Crippen LogP contribution in [0.25, 0.3) is 16.4 Å². The molecule has 1 N–H and O–H groups in total. The van der Waals surface area contributed by atoms with Crippen molar-refractivity contribution < 1.29 is 4.74 Å². The van der Waals surface area contributed by atoms with Crippen LogP contribution in [0.3, 0.4) is 0 Å². The molecule has 2 atom stereocenters. The van der Waals surface area contributed by atoms with Crippen molar-refractivity contribution in [1.29, 1.82) is 0 Å². The topological polar surface area (TPSA) is 70.8 Å². The molecule has 0 aromatic carbocycles. The third-order valence-corrected chi connectivity index (χ3v) is 7.99. The molecule has 9 heteroatoms. The number of anilines is 1. The first kappa shape index (κ1) is 20.2. The van der Waals surface area contributed by atoms with E-state index >= 15 is 0 Å². The molecule has 0 saturated carbocycles. The Hall–Kier alpha value is -2.39. The maximum Gasteiger partial charge on any atom is 0.319 e. The SMILES string of the molecule is [B].c1cc2c3c(N4CC5CCC(C4)N5)nc(OCC45CCCN4CCC5)nc3ccn2n1. The summed E-state index contributed by atoms with van der Waals surface area (Å²) in [5, 5.41) is 9.25. The molecule has 4 fully saturated rings. The van der Waals surface area contributed by atoms with Gasteiger partial charge in [-0.3, -0.25) is 4.90 Å². The molecular weight excluding hydrogens is 401 g/mol. The molecule has 32 heavy (non-hydrogen) atoms. The number of hydrogen-bond donors (Lipinski definition) is 1. The van der Waals surface area contributed by atoms with Gasteiger partial charge in [-0.25, -0.2) is 4.52 Å². The number of ether oxygens (including phenoxy) is 1. The maximum atomic E-state index is 6.37. The molecule has 3 aromatic rings. The second-order valence-corrected chi connectivity index (χ2v) is 9.82. The van der Waals surface area contributed by atoms with Crippen molar-refractivity contribution in [3.63, 3.8) is 0 Å². The Morgan fingerprint density at radius 3 is 2.62 bits per heavy atom. The molecule has 7 heterocycles. The van der Waals surface area contributed by atoms with E-state index in [1.165, 1.54) is 51.6 Å². The van der Waals surface area contributed by atoms with E-state index < -0.39 is 0 Å². The van der Waals surface area contributed by atoms with Crippen molar-refractivity contribution in [2.24, 2.45) is 0 Å². The Labute approximate surface area is 189 Å². The van der Waals surface area contributed by atoms with Crippen molar-refractivity contribution in [2.75, 3.05) is 37.7 Å². The monoisotopic (exact) mass is 430 g/mol. The maximum absolute atomic E-state index is 6.37. The number of fused-ring (bicyclic) bond motifs is 6. The van der Waals surface area contributed by atoms with Gasteiger partial charge in [-0.15, -0.1) is 0 Å². The fourth-order valence-electron chi connectivity index (χ4n) is 6.51. The van der Waals surface area contributed by atoms with Gasteiger partial charge in [-0.2, -0.15) is 15.1 Å². The van der Waals surface area contributed by atoms with E-state index in [0.717, 1.165) is 35.3 Å². The summed E-state index contributed by atoms with van der Waals surface area (Å²) in [4.78, 5) is 14.9. The second-order valence-electron chi connectivity index (χ2n) is 9.82. The van der Waals surface area contributed by atoms with E-state index in [-0.39, 0.29) is 14.0 Å². The molecule has 2 bridgehead atoms. The van der Waals surface area contributed by atoms with Crippen LogP contribution in [0.1, 0.15) is 38.5 Å². The lowest BCUT2D eigenvalue weighted by Crippen LogP contribution is -2.51. The number of hydrogen-bond acceptors (Lipinski definition) is 7. The first-order chi connectivity index (χ1) is 15.3. The van der Waals surface area contributed by atoms with E-state index in [4.69, 9.17) is 14.7 Å². The normalized spacial score (nSPS) is 26.6. The van der Waals surface area contributed by atoms with Crippen LogP contribution >= 0.6 is 0 Å². The van der Waals surface area contributed by atoms with Gasteiger partial charge in [-0.1, -0.05) is 0 Å². The minimum absolute atomic E-state index is 0. The predicted molar refractivity (Wildman–Crippen MR) is 124 cm³/mol. The number of pyridine rings is 1. The molecule has 4 aliphatic rings. The van der Waals surface area contributed by atoms with Crippen LogP contribution in [0.2, 0.25) is 0 Å². The van der Waals surface area contributed by atoms with Crippen LogP contribution < -0.4 is 15.0 Å². The molecule has 8 nitrogen and oxygen atoms in total. The Morgan fingerprint density at radius 1 is 1.06 bits per heavy atom. The number of aromatic nitrogens is 4. The van der Waals surface area contributed by atoms with Crippen LogP contribution in [0.5, 0.6) is 6.01 Å². The molecule has 4 aliphatic heterocycles. The molecule has 3 aromatic heterocycles. The fraction of sp³-hybridized carbons (Fsp3) is 0.609. The largest absolute Gasteiger partial charge is 0.461 e. The minimum Gasteiger partial charge on any atom is -0.461 e. The second kappa shape index (κ2) is 7.59. The molecule has 2 unspecified atom stereocenters. The zero-order valence-corrected chi connectivity index (χ0v) is 18.4. The van der Waals surface area contributed by atoms with Crippen LogP contribution in [0.4, 0.5) is 5.82 Å². The average molecular weight is 430 g/mol. The van der Waals surface area contributed by atoms with Crippen molar-refractivity contribution in [3.8, 4) is 6.01 Å². The first-order valence-corrected chi connectivity index (χ1v) is 11.8. The standard InChI is InChI=1S/C23H29N7O.B/c1-7-23(8-2-11-29(23)10-1)15-31-22-26-18-6-12-30-19(5-9-24-30)20(18)21(27-22)28-13-16-3-4-17(14-28)25-16;/h5-6,9,12,16-17,25H,1-4,7-8,10-11,13-15H2;. The Morgan fingerprint density at radius 2 is 1.84 bits per heavy atom. The fourth-order valence-corrected chi connectivity index (χ4v) is 6.51. The summed E-state index contributed by atoms with van der Waals surface area (Å²) >= 11 is 0. The van der Waals surface area contributed by atoms with Crippen molar-refractivity contribution >= 4 is 30.7 Å². The zero-order valence-electron chi connectivity index (χ0n) is 18.4. The molecule has 165 valence electrons. The molecule has 4 saturated heterocycles. The van der Waals surface area contributed by atoms with Gasteiger partial charge in [0.25, 0.3) is 0 Å². The number of nitrogens with one attached hydrogen (secondary N) is 1. The lowest BCUT2D eigenvalue weighted by Gasteiger charge is -2.34. The highest BCUT2D eigenvalue weighted by Crippen LogP contribution is 2.39.